The number of nitrogens with zero attached hydrogens (tertiary/aromatic N) is 1. The van der Waals surface area contributed by atoms with Gasteiger partial charge in [-0.3, -0.25) is 9.69 Å². The topological polar surface area (TPSA) is 95.7 Å². The van der Waals surface area contributed by atoms with Crippen LogP contribution >= 0.6 is 0 Å². The first-order chi connectivity index (χ1) is 6.61. The quantitative estimate of drug-likeness (QED) is 0.555. The van der Waals surface area contributed by atoms with Crippen LogP contribution in [0.4, 0.5) is 4.79 Å². The Morgan fingerprint density at radius 1 is 1.57 bits per heavy atom. The van der Waals surface area contributed by atoms with Crippen molar-refractivity contribution in [1.82, 2.24) is 10.2 Å². The van der Waals surface area contributed by atoms with Gasteiger partial charge in [0.25, 0.3) is 0 Å². The molecule has 1 heterocycles. The van der Waals surface area contributed by atoms with E-state index in [1.54, 1.807) is 0 Å². The summed E-state index contributed by atoms with van der Waals surface area (Å²) in [5.74, 6) is -0.321. The molecule has 0 aromatic heterocycles. The van der Waals surface area contributed by atoms with Gasteiger partial charge < -0.3 is 16.2 Å². The first kappa shape index (κ1) is 10.8. The van der Waals surface area contributed by atoms with Gasteiger partial charge in [0, 0.05) is 13.1 Å². The Morgan fingerprint density at radius 2 is 2.29 bits per heavy atom. The molecule has 4 N–H and O–H groups in total. The monoisotopic (exact) mass is 201 g/mol. The number of likely N-dealkylation sites (tertiary alicyclic amines) is 1. The van der Waals surface area contributed by atoms with Gasteiger partial charge in [-0.2, -0.15) is 0 Å². The lowest BCUT2D eigenvalue weighted by molar-refractivity contribution is -0.122. The number of hydrogen-bond donors (Lipinski definition) is 3. The molecule has 1 aliphatic heterocycles. The van der Waals surface area contributed by atoms with E-state index in [0.29, 0.717) is 13.1 Å². The molecule has 0 bridgehead atoms. The minimum Gasteiger partial charge on any atom is -0.465 e. The molecule has 0 radical (unpaired) electrons. The van der Waals surface area contributed by atoms with Gasteiger partial charge in [0.15, 0.2) is 0 Å². The Labute approximate surface area is 82.1 Å². The largest absolute Gasteiger partial charge is 0.465 e. The van der Waals surface area contributed by atoms with Crippen LogP contribution in [0.2, 0.25) is 0 Å². The lowest BCUT2D eigenvalue weighted by Crippen LogP contribution is -2.43. The van der Waals surface area contributed by atoms with Gasteiger partial charge in [0.1, 0.15) is 0 Å². The van der Waals surface area contributed by atoms with Crippen molar-refractivity contribution in [3.05, 3.63) is 0 Å². The number of hydrogen-bond acceptors (Lipinski definition) is 3. The summed E-state index contributed by atoms with van der Waals surface area (Å²) in [5, 5.41) is 10.6. The van der Waals surface area contributed by atoms with Gasteiger partial charge in [-0.1, -0.05) is 0 Å². The number of primary amides is 1. The first-order valence-electron chi connectivity index (χ1n) is 4.61. The molecule has 1 unspecified atom stereocenters. The molecule has 6 heteroatoms. The normalized spacial score (nSPS) is 22.1. The molecule has 2 amide bonds. The van der Waals surface area contributed by atoms with E-state index in [4.69, 9.17) is 10.8 Å². The van der Waals surface area contributed by atoms with Gasteiger partial charge in [0.05, 0.1) is 6.04 Å². The van der Waals surface area contributed by atoms with Crippen molar-refractivity contribution in [1.29, 1.82) is 0 Å². The maximum atomic E-state index is 11.0. The fraction of sp³-hybridized carbons (Fsp3) is 0.750. The Hall–Kier alpha value is -1.30. The highest BCUT2D eigenvalue weighted by molar-refractivity contribution is 5.80. The molecule has 1 saturated heterocycles. The Kier molecular flexibility index (Phi) is 3.70. The van der Waals surface area contributed by atoms with Crippen LogP contribution < -0.4 is 11.1 Å². The van der Waals surface area contributed by atoms with Crippen LogP contribution in [-0.2, 0) is 4.79 Å². The summed E-state index contributed by atoms with van der Waals surface area (Å²) in [6.45, 7) is 1.69. The molecule has 0 aliphatic carbocycles. The lowest BCUT2D eigenvalue weighted by Gasteiger charge is -2.21. The Bertz CT molecular complexity index is 232. The van der Waals surface area contributed by atoms with E-state index >= 15 is 0 Å². The van der Waals surface area contributed by atoms with Crippen molar-refractivity contribution in [3.8, 4) is 0 Å². The smallest absolute Gasteiger partial charge is 0.404 e. The van der Waals surface area contributed by atoms with Crippen molar-refractivity contribution in [2.75, 3.05) is 19.6 Å². The minimum atomic E-state index is -1.04. The van der Waals surface area contributed by atoms with Gasteiger partial charge in [-0.15, -0.1) is 0 Å². The molecule has 0 saturated carbocycles. The first-order valence-corrected chi connectivity index (χ1v) is 4.61. The molecule has 0 spiro atoms. The zero-order chi connectivity index (χ0) is 10.6. The number of carbonyl (C=O) groups is 2. The second-order valence-corrected chi connectivity index (χ2v) is 3.33. The summed E-state index contributed by atoms with van der Waals surface area (Å²) < 4.78 is 0. The van der Waals surface area contributed by atoms with Gasteiger partial charge in [-0.25, -0.2) is 4.79 Å². The fourth-order valence-corrected chi connectivity index (χ4v) is 1.72. The standard InChI is InChI=1S/C8H15N3O3/c9-7(12)6-2-1-4-11(6)5-3-10-8(13)14/h6,10H,1-5H2,(H2,9,12)(H,13,14). The second-order valence-electron chi connectivity index (χ2n) is 3.33. The highest BCUT2D eigenvalue weighted by Gasteiger charge is 2.28. The van der Waals surface area contributed by atoms with Crippen LogP contribution in [0, 0.1) is 0 Å². The van der Waals surface area contributed by atoms with Crippen LogP contribution in [0.15, 0.2) is 0 Å². The number of carbonyl (C=O) groups excluding carboxylic acids is 1. The molecule has 1 rings (SSSR count). The summed E-state index contributed by atoms with van der Waals surface area (Å²) in [6, 6.07) is -0.217. The predicted octanol–water partition coefficient (Wildman–Crippen LogP) is -0.796. The van der Waals surface area contributed by atoms with E-state index in [0.717, 1.165) is 19.4 Å². The van der Waals surface area contributed by atoms with Crippen molar-refractivity contribution >= 4 is 12.0 Å². The van der Waals surface area contributed by atoms with Crippen molar-refractivity contribution in [2.24, 2.45) is 5.73 Å². The molecule has 6 nitrogen and oxygen atoms in total. The van der Waals surface area contributed by atoms with Gasteiger partial charge >= 0.3 is 6.09 Å². The number of carboxylic acid groups (broad SMARTS) is 1. The number of amides is 2. The van der Waals surface area contributed by atoms with E-state index < -0.39 is 6.09 Å². The van der Waals surface area contributed by atoms with Crippen LogP contribution in [0.5, 0.6) is 0 Å². The minimum absolute atomic E-state index is 0.217. The summed E-state index contributed by atoms with van der Waals surface area (Å²) in [4.78, 5) is 23.0. The summed E-state index contributed by atoms with van der Waals surface area (Å²) in [5.41, 5.74) is 5.20. The van der Waals surface area contributed by atoms with Crippen LogP contribution in [0.1, 0.15) is 12.8 Å². The fourth-order valence-electron chi connectivity index (χ4n) is 1.72. The summed E-state index contributed by atoms with van der Waals surface area (Å²) in [7, 11) is 0. The zero-order valence-corrected chi connectivity index (χ0v) is 7.90. The average molecular weight is 201 g/mol. The molecule has 0 aromatic rings. The summed E-state index contributed by atoms with van der Waals surface area (Å²) in [6.07, 6.45) is 0.683. The number of nitrogens with one attached hydrogen (secondary N) is 1. The molecule has 1 aliphatic rings. The Balaban J connectivity index is 2.29. The van der Waals surface area contributed by atoms with Gasteiger partial charge in [-0.05, 0) is 19.4 Å². The van der Waals surface area contributed by atoms with Crippen LogP contribution in [0.3, 0.4) is 0 Å². The number of nitrogens with two attached hydrogens (primary N) is 1. The highest BCUT2D eigenvalue weighted by Crippen LogP contribution is 2.15. The van der Waals surface area contributed by atoms with E-state index in [9.17, 15) is 9.59 Å². The molecule has 1 fully saturated rings. The van der Waals surface area contributed by atoms with Crippen molar-refractivity contribution < 1.29 is 14.7 Å². The van der Waals surface area contributed by atoms with E-state index in [2.05, 4.69) is 5.32 Å². The zero-order valence-electron chi connectivity index (χ0n) is 7.90. The molecule has 14 heavy (non-hydrogen) atoms. The molecule has 80 valence electrons. The third-order valence-corrected chi connectivity index (χ3v) is 2.37. The van der Waals surface area contributed by atoms with Crippen LogP contribution in [-0.4, -0.2) is 47.7 Å². The maximum absolute atomic E-state index is 11.0. The highest BCUT2D eigenvalue weighted by atomic mass is 16.4. The average Bonchev–Trinajstić information content (AvgIpc) is 2.51. The SMILES string of the molecule is NC(=O)C1CCCN1CCNC(=O)O. The predicted molar refractivity (Wildman–Crippen MR) is 49.8 cm³/mol. The van der Waals surface area contributed by atoms with Crippen LogP contribution in [0.25, 0.3) is 0 Å². The second kappa shape index (κ2) is 4.80. The third-order valence-electron chi connectivity index (χ3n) is 2.37. The molecular formula is C8H15N3O3. The van der Waals surface area contributed by atoms with E-state index in [1.165, 1.54) is 0 Å². The van der Waals surface area contributed by atoms with Crippen molar-refractivity contribution in [3.63, 3.8) is 0 Å². The van der Waals surface area contributed by atoms with Gasteiger partial charge in [0.2, 0.25) is 5.91 Å². The maximum Gasteiger partial charge on any atom is 0.404 e. The van der Waals surface area contributed by atoms with E-state index in [1.807, 2.05) is 4.90 Å². The number of rotatable bonds is 4. The molecule has 0 aromatic carbocycles. The third kappa shape index (κ3) is 2.88. The lowest BCUT2D eigenvalue weighted by atomic mass is 10.2. The van der Waals surface area contributed by atoms with Crippen molar-refractivity contribution in [2.45, 2.75) is 18.9 Å². The summed E-state index contributed by atoms with van der Waals surface area (Å²) >= 11 is 0. The Morgan fingerprint density at radius 3 is 2.86 bits per heavy atom. The van der Waals surface area contributed by atoms with E-state index in [-0.39, 0.29) is 11.9 Å². The molecule has 1 atom stereocenters. The molecular weight excluding hydrogens is 186 g/mol.